The van der Waals surface area contributed by atoms with Crippen molar-refractivity contribution in [2.24, 2.45) is 5.92 Å². The van der Waals surface area contributed by atoms with Gasteiger partial charge in [-0.25, -0.2) is 4.79 Å². The molecule has 0 heterocycles. The number of allylic oxidation sites excluding steroid dienone is 1. The first-order chi connectivity index (χ1) is 10.4. The number of anilines is 1. The number of carboxylic acid groups (broad SMARTS) is 1. The number of phenols is 1. The minimum absolute atomic E-state index is 0.114. The van der Waals surface area contributed by atoms with Crippen molar-refractivity contribution in [3.8, 4) is 5.75 Å². The fourth-order valence-corrected chi connectivity index (χ4v) is 2.20. The van der Waals surface area contributed by atoms with Crippen LogP contribution in [0.3, 0.4) is 0 Å². The molecule has 0 aliphatic carbocycles. The molecule has 0 fully saturated rings. The van der Waals surface area contributed by atoms with E-state index in [1.165, 1.54) is 0 Å². The molecule has 2 atom stereocenters. The largest absolute Gasteiger partial charge is 0.506 e. The van der Waals surface area contributed by atoms with Crippen LogP contribution in [0.4, 0.5) is 10.5 Å². The van der Waals surface area contributed by atoms with Gasteiger partial charge in [0.25, 0.3) is 0 Å². The third kappa shape index (κ3) is 6.52. The van der Waals surface area contributed by atoms with Crippen LogP contribution in [-0.2, 0) is 6.42 Å². The summed E-state index contributed by atoms with van der Waals surface area (Å²) in [5.41, 5.74) is 1.71. The summed E-state index contributed by atoms with van der Waals surface area (Å²) in [6.45, 7) is 8.44. The molecule has 0 saturated carbocycles. The van der Waals surface area contributed by atoms with Crippen LogP contribution in [0.2, 0.25) is 0 Å². The lowest BCUT2D eigenvalue weighted by Gasteiger charge is -2.14. The Kier molecular flexibility index (Phi) is 7.29. The van der Waals surface area contributed by atoms with E-state index in [9.17, 15) is 9.90 Å². The second kappa shape index (κ2) is 8.97. The third-order valence-corrected chi connectivity index (χ3v) is 3.51. The van der Waals surface area contributed by atoms with Crippen molar-refractivity contribution in [2.75, 3.05) is 11.9 Å². The molecule has 0 aliphatic rings. The standard InChI is InChI=1S/C17H26N2O3/c1-4-5-12(2)11-18-15-9-8-14(10-16(15)20)7-6-13(3)19-17(21)22/h4,8-10,12-13,18-20H,1,5-7,11H2,2-3H3,(H,21,22)/t12-,13?/m0/s1. The molecule has 0 radical (unpaired) electrons. The van der Waals surface area contributed by atoms with Crippen molar-refractivity contribution in [2.45, 2.75) is 39.2 Å². The minimum Gasteiger partial charge on any atom is -0.506 e. The Balaban J connectivity index is 2.50. The van der Waals surface area contributed by atoms with E-state index in [0.717, 1.165) is 24.2 Å². The molecule has 1 rings (SSSR count). The fourth-order valence-electron chi connectivity index (χ4n) is 2.20. The predicted molar refractivity (Wildman–Crippen MR) is 89.5 cm³/mol. The number of nitrogens with one attached hydrogen (secondary N) is 2. The molecule has 0 bridgehead atoms. The highest BCUT2D eigenvalue weighted by atomic mass is 16.4. The van der Waals surface area contributed by atoms with Crippen LogP contribution in [0.15, 0.2) is 30.9 Å². The Labute approximate surface area is 132 Å². The van der Waals surface area contributed by atoms with E-state index >= 15 is 0 Å². The number of hydrogen-bond acceptors (Lipinski definition) is 3. The summed E-state index contributed by atoms with van der Waals surface area (Å²) in [6, 6.07) is 5.43. The number of aryl methyl sites for hydroxylation is 1. The number of benzene rings is 1. The Bertz CT molecular complexity index is 503. The van der Waals surface area contributed by atoms with Crippen LogP contribution in [0.1, 0.15) is 32.3 Å². The smallest absolute Gasteiger partial charge is 0.404 e. The summed E-state index contributed by atoms with van der Waals surface area (Å²) in [5.74, 6) is 0.682. The first-order valence-electron chi connectivity index (χ1n) is 7.58. The van der Waals surface area contributed by atoms with Crippen LogP contribution < -0.4 is 10.6 Å². The topological polar surface area (TPSA) is 81.6 Å². The second-order valence-electron chi connectivity index (χ2n) is 5.75. The average Bonchev–Trinajstić information content (AvgIpc) is 2.43. The highest BCUT2D eigenvalue weighted by Gasteiger charge is 2.08. The maximum atomic E-state index is 10.5. The molecule has 5 nitrogen and oxygen atoms in total. The summed E-state index contributed by atoms with van der Waals surface area (Å²) in [7, 11) is 0. The molecule has 0 spiro atoms. The van der Waals surface area contributed by atoms with Crippen LogP contribution in [-0.4, -0.2) is 28.9 Å². The van der Waals surface area contributed by atoms with Crippen molar-refractivity contribution in [1.82, 2.24) is 5.32 Å². The average molecular weight is 306 g/mol. The monoisotopic (exact) mass is 306 g/mol. The van der Waals surface area contributed by atoms with E-state index in [-0.39, 0.29) is 11.8 Å². The summed E-state index contributed by atoms with van der Waals surface area (Å²) in [5, 5.41) is 24.3. The molecule has 4 N–H and O–H groups in total. The lowest BCUT2D eigenvalue weighted by atomic mass is 10.0. The summed E-state index contributed by atoms with van der Waals surface area (Å²) in [4.78, 5) is 10.5. The first-order valence-corrected chi connectivity index (χ1v) is 7.58. The van der Waals surface area contributed by atoms with Gasteiger partial charge in [0.15, 0.2) is 0 Å². The molecule has 0 aliphatic heterocycles. The summed E-state index contributed by atoms with van der Waals surface area (Å²) >= 11 is 0. The van der Waals surface area contributed by atoms with Crippen molar-refractivity contribution in [3.05, 3.63) is 36.4 Å². The van der Waals surface area contributed by atoms with Crippen LogP contribution in [0, 0.1) is 5.92 Å². The van der Waals surface area contributed by atoms with Crippen molar-refractivity contribution < 1.29 is 15.0 Å². The number of amides is 1. The van der Waals surface area contributed by atoms with Gasteiger partial charge in [-0.3, -0.25) is 0 Å². The number of carbonyl (C=O) groups is 1. The molecule has 1 aromatic carbocycles. The van der Waals surface area contributed by atoms with Gasteiger partial charge < -0.3 is 20.8 Å². The van der Waals surface area contributed by atoms with Gasteiger partial charge in [0, 0.05) is 12.6 Å². The van der Waals surface area contributed by atoms with E-state index in [1.807, 2.05) is 25.1 Å². The van der Waals surface area contributed by atoms with Crippen molar-refractivity contribution in [1.29, 1.82) is 0 Å². The molecule has 0 aromatic heterocycles. The van der Waals surface area contributed by atoms with Crippen LogP contribution in [0.25, 0.3) is 0 Å². The van der Waals surface area contributed by atoms with Gasteiger partial charge in [-0.15, -0.1) is 6.58 Å². The van der Waals surface area contributed by atoms with Gasteiger partial charge in [-0.2, -0.15) is 0 Å². The Morgan fingerprint density at radius 2 is 2.14 bits per heavy atom. The Hall–Kier alpha value is -2.17. The minimum atomic E-state index is -1.01. The van der Waals surface area contributed by atoms with E-state index in [1.54, 1.807) is 6.07 Å². The molecule has 0 saturated heterocycles. The van der Waals surface area contributed by atoms with Crippen LogP contribution in [0.5, 0.6) is 5.75 Å². The first kappa shape index (κ1) is 17.9. The number of hydrogen-bond donors (Lipinski definition) is 4. The molecule has 22 heavy (non-hydrogen) atoms. The molecular weight excluding hydrogens is 280 g/mol. The molecule has 122 valence electrons. The highest BCUT2D eigenvalue weighted by molar-refractivity contribution is 5.64. The highest BCUT2D eigenvalue weighted by Crippen LogP contribution is 2.25. The summed E-state index contributed by atoms with van der Waals surface area (Å²) in [6.07, 6.45) is 3.21. The maximum absolute atomic E-state index is 10.5. The number of rotatable bonds is 9. The van der Waals surface area contributed by atoms with Gasteiger partial charge in [-0.1, -0.05) is 19.1 Å². The molecule has 1 amide bonds. The normalized spacial score (nSPS) is 13.2. The second-order valence-corrected chi connectivity index (χ2v) is 5.75. The lowest BCUT2D eigenvalue weighted by molar-refractivity contribution is 0.190. The van der Waals surface area contributed by atoms with E-state index in [2.05, 4.69) is 24.1 Å². The van der Waals surface area contributed by atoms with E-state index < -0.39 is 6.09 Å². The number of aromatic hydroxyl groups is 1. The maximum Gasteiger partial charge on any atom is 0.404 e. The SMILES string of the molecule is C=CC[C@H](C)CNc1ccc(CCC(C)NC(=O)O)cc1O. The Morgan fingerprint density at radius 3 is 2.73 bits per heavy atom. The fraction of sp³-hybridized carbons (Fsp3) is 0.471. The lowest BCUT2D eigenvalue weighted by Crippen LogP contribution is -2.31. The third-order valence-electron chi connectivity index (χ3n) is 3.51. The van der Waals surface area contributed by atoms with E-state index in [0.29, 0.717) is 18.8 Å². The van der Waals surface area contributed by atoms with Gasteiger partial charge in [-0.05, 0) is 49.8 Å². The van der Waals surface area contributed by atoms with Gasteiger partial charge in [0.1, 0.15) is 5.75 Å². The van der Waals surface area contributed by atoms with E-state index in [4.69, 9.17) is 5.11 Å². The van der Waals surface area contributed by atoms with Gasteiger partial charge in [0.2, 0.25) is 0 Å². The van der Waals surface area contributed by atoms with Crippen molar-refractivity contribution in [3.63, 3.8) is 0 Å². The van der Waals surface area contributed by atoms with Crippen LogP contribution >= 0.6 is 0 Å². The van der Waals surface area contributed by atoms with Gasteiger partial charge in [0.05, 0.1) is 5.69 Å². The van der Waals surface area contributed by atoms with Crippen molar-refractivity contribution >= 4 is 11.8 Å². The molecule has 1 unspecified atom stereocenters. The number of phenolic OH excluding ortho intramolecular Hbond substituents is 1. The quantitative estimate of drug-likeness (QED) is 0.415. The molecule has 1 aromatic rings. The Morgan fingerprint density at radius 1 is 1.41 bits per heavy atom. The zero-order valence-electron chi connectivity index (χ0n) is 13.3. The molecule has 5 heteroatoms. The van der Waals surface area contributed by atoms with Gasteiger partial charge >= 0.3 is 6.09 Å². The molecular formula is C17H26N2O3. The zero-order chi connectivity index (χ0) is 16.5. The predicted octanol–water partition coefficient (Wildman–Crippen LogP) is 3.61. The zero-order valence-corrected chi connectivity index (χ0v) is 13.3. The summed E-state index contributed by atoms with van der Waals surface area (Å²) < 4.78 is 0.